The van der Waals surface area contributed by atoms with Crippen molar-refractivity contribution in [3.8, 4) is 0 Å². The first-order valence-electron chi connectivity index (χ1n) is 4.69. The second kappa shape index (κ2) is 5.09. The fraction of sp³-hybridized carbons (Fsp3) is 0.273. The monoisotopic (exact) mass is 226 g/mol. The molecule has 3 nitrogen and oxygen atoms in total. The summed E-state index contributed by atoms with van der Waals surface area (Å²) in [6.07, 6.45) is 1.59. The van der Waals surface area contributed by atoms with Crippen LogP contribution >= 0.6 is 0 Å². The number of benzene rings is 1. The Labute approximate surface area is 90.5 Å². The van der Waals surface area contributed by atoms with Gasteiger partial charge in [0, 0.05) is 0 Å². The molecule has 0 saturated carbocycles. The van der Waals surface area contributed by atoms with Gasteiger partial charge in [-0.1, -0.05) is 30.3 Å². The molecule has 1 aromatic rings. The van der Waals surface area contributed by atoms with Gasteiger partial charge >= 0.3 is 0 Å². The van der Waals surface area contributed by atoms with Gasteiger partial charge in [-0.15, -0.1) is 0 Å². The molecule has 0 heterocycles. The first-order chi connectivity index (χ1) is 7.06. The van der Waals surface area contributed by atoms with Crippen LogP contribution in [0, 0.1) is 0 Å². The Morgan fingerprint density at radius 3 is 2.47 bits per heavy atom. The molecule has 1 rings (SSSR count). The second-order valence-corrected chi connectivity index (χ2v) is 4.81. The highest BCUT2D eigenvalue weighted by atomic mass is 32.2. The summed E-state index contributed by atoms with van der Waals surface area (Å²) in [7, 11) is -3.55. The molecule has 82 valence electrons. The van der Waals surface area contributed by atoms with Gasteiger partial charge < -0.3 is 0 Å². The van der Waals surface area contributed by atoms with Gasteiger partial charge in [0.25, 0.3) is 10.1 Å². The Morgan fingerprint density at radius 2 is 1.93 bits per heavy atom. The number of hydrogen-bond donors (Lipinski definition) is 0. The lowest BCUT2D eigenvalue weighted by Gasteiger charge is -2.03. The second-order valence-electron chi connectivity index (χ2n) is 3.03. The molecular formula is C11H14O3S. The Morgan fingerprint density at radius 1 is 1.33 bits per heavy atom. The molecule has 0 bridgehead atoms. The topological polar surface area (TPSA) is 43.4 Å². The Balaban J connectivity index is 2.95. The maximum absolute atomic E-state index is 11.4. The summed E-state index contributed by atoms with van der Waals surface area (Å²) in [6.45, 7) is 3.33. The zero-order valence-corrected chi connectivity index (χ0v) is 9.62. The summed E-state index contributed by atoms with van der Waals surface area (Å²) in [5.41, 5.74) is 0.846. The van der Waals surface area contributed by atoms with Crippen molar-refractivity contribution in [2.75, 3.05) is 6.61 Å². The van der Waals surface area contributed by atoms with Crippen molar-refractivity contribution in [2.45, 2.75) is 13.8 Å². The molecule has 0 aliphatic heterocycles. The van der Waals surface area contributed by atoms with Crippen LogP contribution in [0.4, 0.5) is 0 Å². The fourth-order valence-electron chi connectivity index (χ4n) is 1.10. The Bertz CT molecular complexity index is 432. The van der Waals surface area contributed by atoms with E-state index in [1.165, 1.54) is 6.92 Å². The molecule has 0 spiro atoms. The van der Waals surface area contributed by atoms with E-state index in [1.807, 2.05) is 30.3 Å². The van der Waals surface area contributed by atoms with Crippen molar-refractivity contribution in [3.05, 3.63) is 40.8 Å². The average molecular weight is 226 g/mol. The van der Waals surface area contributed by atoms with Gasteiger partial charge in [-0.2, -0.15) is 8.42 Å². The van der Waals surface area contributed by atoms with E-state index in [9.17, 15) is 8.42 Å². The van der Waals surface area contributed by atoms with E-state index < -0.39 is 10.1 Å². The number of allylic oxidation sites excluding steroid dienone is 1. The van der Waals surface area contributed by atoms with Crippen LogP contribution in [0.1, 0.15) is 19.4 Å². The highest BCUT2D eigenvalue weighted by molar-refractivity contribution is 7.90. The van der Waals surface area contributed by atoms with E-state index in [4.69, 9.17) is 0 Å². The highest BCUT2D eigenvalue weighted by Gasteiger charge is 2.12. The lowest BCUT2D eigenvalue weighted by molar-refractivity contribution is 0.343. The van der Waals surface area contributed by atoms with Gasteiger partial charge in [0.15, 0.2) is 0 Å². The van der Waals surface area contributed by atoms with Gasteiger partial charge in [0.1, 0.15) is 0 Å². The lowest BCUT2D eigenvalue weighted by atomic mass is 10.2. The van der Waals surface area contributed by atoms with Crippen molar-refractivity contribution in [1.82, 2.24) is 0 Å². The fourth-order valence-corrected chi connectivity index (χ4v) is 1.88. The quantitative estimate of drug-likeness (QED) is 0.740. The molecule has 0 fully saturated rings. The molecule has 0 aromatic heterocycles. The first kappa shape index (κ1) is 11.9. The predicted molar refractivity (Wildman–Crippen MR) is 60.6 cm³/mol. The van der Waals surface area contributed by atoms with Crippen LogP contribution in [0.5, 0.6) is 0 Å². The standard InChI is InChI=1S/C11H14O3S/c1-3-14-15(12,13)10(2)9-11-7-5-4-6-8-11/h4-9H,3H2,1-2H3/b10-9+. The van der Waals surface area contributed by atoms with Crippen molar-refractivity contribution in [3.63, 3.8) is 0 Å². The number of hydrogen-bond acceptors (Lipinski definition) is 3. The van der Waals surface area contributed by atoms with Crippen molar-refractivity contribution in [1.29, 1.82) is 0 Å². The first-order valence-corrected chi connectivity index (χ1v) is 6.10. The molecule has 0 atom stereocenters. The van der Waals surface area contributed by atoms with Crippen LogP contribution in [-0.2, 0) is 14.3 Å². The van der Waals surface area contributed by atoms with Gasteiger partial charge in [-0.05, 0) is 25.5 Å². The highest BCUT2D eigenvalue weighted by Crippen LogP contribution is 2.13. The van der Waals surface area contributed by atoms with Crippen LogP contribution in [0.25, 0.3) is 6.08 Å². The molecule has 0 saturated heterocycles. The largest absolute Gasteiger partial charge is 0.292 e. The zero-order valence-electron chi connectivity index (χ0n) is 8.80. The summed E-state index contributed by atoms with van der Waals surface area (Å²) >= 11 is 0. The van der Waals surface area contributed by atoms with E-state index in [-0.39, 0.29) is 11.5 Å². The smallest absolute Gasteiger partial charge is 0.267 e. The maximum atomic E-state index is 11.4. The molecule has 4 heteroatoms. The third kappa shape index (κ3) is 3.49. The van der Waals surface area contributed by atoms with Gasteiger partial charge in [-0.25, -0.2) is 0 Å². The van der Waals surface area contributed by atoms with E-state index in [0.29, 0.717) is 0 Å². The predicted octanol–water partition coefficient (Wildman–Crippen LogP) is 2.41. The summed E-state index contributed by atoms with van der Waals surface area (Å²) in [6, 6.07) is 9.26. The van der Waals surface area contributed by atoms with E-state index in [0.717, 1.165) is 5.56 Å². The Hall–Kier alpha value is -1.13. The minimum atomic E-state index is -3.55. The average Bonchev–Trinajstić information content (AvgIpc) is 2.19. The van der Waals surface area contributed by atoms with Gasteiger partial charge in [0.05, 0.1) is 11.5 Å². The zero-order chi connectivity index (χ0) is 11.3. The molecule has 0 amide bonds. The van der Waals surface area contributed by atoms with Crippen LogP contribution in [-0.4, -0.2) is 15.0 Å². The third-order valence-corrected chi connectivity index (χ3v) is 3.29. The van der Waals surface area contributed by atoms with E-state index in [1.54, 1.807) is 13.0 Å². The lowest BCUT2D eigenvalue weighted by Crippen LogP contribution is -2.06. The van der Waals surface area contributed by atoms with Crippen molar-refractivity contribution >= 4 is 16.2 Å². The van der Waals surface area contributed by atoms with E-state index >= 15 is 0 Å². The minimum absolute atomic E-state index is 0.155. The van der Waals surface area contributed by atoms with Crippen LogP contribution < -0.4 is 0 Å². The summed E-state index contributed by atoms with van der Waals surface area (Å²) in [5, 5.41) is 0. The van der Waals surface area contributed by atoms with E-state index in [2.05, 4.69) is 4.18 Å². The molecular weight excluding hydrogens is 212 g/mol. The maximum Gasteiger partial charge on any atom is 0.292 e. The van der Waals surface area contributed by atoms with Gasteiger partial charge in [0.2, 0.25) is 0 Å². The normalized spacial score (nSPS) is 12.8. The molecule has 0 aliphatic carbocycles. The summed E-state index contributed by atoms with van der Waals surface area (Å²) in [4.78, 5) is 0.218. The van der Waals surface area contributed by atoms with Crippen LogP contribution in [0.2, 0.25) is 0 Å². The summed E-state index contributed by atoms with van der Waals surface area (Å²) < 4.78 is 27.6. The van der Waals surface area contributed by atoms with Crippen molar-refractivity contribution in [2.24, 2.45) is 0 Å². The molecule has 0 unspecified atom stereocenters. The van der Waals surface area contributed by atoms with Gasteiger partial charge in [-0.3, -0.25) is 4.18 Å². The minimum Gasteiger partial charge on any atom is -0.267 e. The SMILES string of the molecule is CCOS(=O)(=O)/C(C)=C/c1ccccc1. The Kier molecular flexibility index (Phi) is 4.05. The molecule has 1 aromatic carbocycles. The molecule has 0 radical (unpaired) electrons. The third-order valence-electron chi connectivity index (χ3n) is 1.84. The molecule has 0 aliphatic rings. The van der Waals surface area contributed by atoms with Crippen molar-refractivity contribution < 1.29 is 12.6 Å². The van der Waals surface area contributed by atoms with Crippen LogP contribution in [0.3, 0.4) is 0 Å². The molecule has 0 N–H and O–H groups in total. The summed E-state index contributed by atoms with van der Waals surface area (Å²) in [5.74, 6) is 0. The molecule has 15 heavy (non-hydrogen) atoms. The van der Waals surface area contributed by atoms with Crippen LogP contribution in [0.15, 0.2) is 35.2 Å². The number of rotatable bonds is 4.